The number of fused-ring (bicyclic) bond motifs is 1. The molecule has 6 heteroatoms. The predicted molar refractivity (Wildman–Crippen MR) is 112 cm³/mol. The van der Waals surface area contributed by atoms with Gasteiger partial charge in [0.15, 0.2) is 0 Å². The fraction of sp³-hybridized carbons (Fsp3) is 0.318. The Balaban J connectivity index is 1.77. The van der Waals surface area contributed by atoms with Gasteiger partial charge in [-0.15, -0.1) is 0 Å². The van der Waals surface area contributed by atoms with E-state index in [-0.39, 0.29) is 11.6 Å². The van der Waals surface area contributed by atoms with Crippen LogP contribution in [0.2, 0.25) is 0 Å². The number of benzene rings is 1. The van der Waals surface area contributed by atoms with Gasteiger partial charge in [-0.2, -0.15) is 5.10 Å². The molecule has 1 aromatic carbocycles. The van der Waals surface area contributed by atoms with Crippen LogP contribution >= 0.6 is 0 Å². The number of H-pyrrole nitrogens is 1. The molecule has 4 aromatic rings. The van der Waals surface area contributed by atoms with E-state index in [0.29, 0.717) is 17.9 Å². The minimum atomic E-state index is -0.120. The van der Waals surface area contributed by atoms with Gasteiger partial charge in [0, 0.05) is 18.1 Å². The van der Waals surface area contributed by atoms with E-state index < -0.39 is 0 Å². The zero-order valence-corrected chi connectivity index (χ0v) is 16.9. The standard InChI is InChI=1S/C22H25N5O/c1-13-8-14(2)20-18(9-13)11-19(22(28)24-20)21-23-6-7-26(21)17(5)12-27-16(4)10-15(3)25-27/h6-11,17H,12H2,1-5H3,(H,24,28)/t17-/m0/s1. The van der Waals surface area contributed by atoms with E-state index in [1.807, 2.05) is 30.8 Å². The van der Waals surface area contributed by atoms with Crippen molar-refractivity contribution in [1.29, 1.82) is 0 Å². The summed E-state index contributed by atoms with van der Waals surface area (Å²) in [4.78, 5) is 20.4. The SMILES string of the molecule is Cc1cc(C)c2[nH]c(=O)c(-c3nccn3[C@@H](C)Cn3nc(C)cc3C)cc2c1. The van der Waals surface area contributed by atoms with Crippen LogP contribution < -0.4 is 5.56 Å². The molecule has 1 atom stereocenters. The second-order valence-corrected chi connectivity index (χ2v) is 7.67. The molecule has 4 rings (SSSR count). The lowest BCUT2D eigenvalue weighted by atomic mass is 10.0. The largest absolute Gasteiger partial charge is 0.326 e. The fourth-order valence-corrected chi connectivity index (χ4v) is 3.93. The lowest BCUT2D eigenvalue weighted by Crippen LogP contribution is -2.18. The van der Waals surface area contributed by atoms with Gasteiger partial charge in [0.05, 0.1) is 29.4 Å². The number of nitrogens with one attached hydrogen (secondary N) is 1. The third-order valence-electron chi connectivity index (χ3n) is 5.22. The second-order valence-electron chi connectivity index (χ2n) is 7.67. The van der Waals surface area contributed by atoms with Crippen molar-refractivity contribution in [3.63, 3.8) is 0 Å². The van der Waals surface area contributed by atoms with Crippen LogP contribution in [0.15, 0.2) is 41.5 Å². The number of pyridine rings is 1. The summed E-state index contributed by atoms with van der Waals surface area (Å²) < 4.78 is 4.05. The van der Waals surface area contributed by atoms with Gasteiger partial charge in [0.2, 0.25) is 0 Å². The van der Waals surface area contributed by atoms with E-state index >= 15 is 0 Å². The maximum absolute atomic E-state index is 12.8. The van der Waals surface area contributed by atoms with Gasteiger partial charge in [-0.3, -0.25) is 9.48 Å². The highest BCUT2D eigenvalue weighted by atomic mass is 16.1. The van der Waals surface area contributed by atoms with Gasteiger partial charge >= 0.3 is 0 Å². The minimum absolute atomic E-state index is 0.102. The summed E-state index contributed by atoms with van der Waals surface area (Å²) in [6.07, 6.45) is 3.68. The van der Waals surface area contributed by atoms with Gasteiger partial charge in [-0.25, -0.2) is 4.98 Å². The Hall–Kier alpha value is -3.15. The molecule has 144 valence electrons. The van der Waals surface area contributed by atoms with Crippen molar-refractivity contribution in [2.75, 3.05) is 0 Å². The van der Waals surface area contributed by atoms with Gasteiger partial charge in [0.1, 0.15) is 5.82 Å². The molecule has 0 fully saturated rings. The van der Waals surface area contributed by atoms with E-state index in [4.69, 9.17) is 0 Å². The zero-order chi connectivity index (χ0) is 20.0. The van der Waals surface area contributed by atoms with Crippen LogP contribution in [-0.2, 0) is 6.54 Å². The summed E-state index contributed by atoms with van der Waals surface area (Å²) in [7, 11) is 0. The molecule has 0 aliphatic carbocycles. The van der Waals surface area contributed by atoms with E-state index in [1.54, 1.807) is 6.20 Å². The smallest absolute Gasteiger partial charge is 0.259 e. The summed E-state index contributed by atoms with van der Waals surface area (Å²) in [6, 6.07) is 8.29. The monoisotopic (exact) mass is 375 g/mol. The second kappa shape index (κ2) is 6.78. The lowest BCUT2D eigenvalue weighted by molar-refractivity contribution is 0.433. The molecule has 6 nitrogen and oxygen atoms in total. The van der Waals surface area contributed by atoms with Crippen molar-refractivity contribution >= 4 is 10.9 Å². The van der Waals surface area contributed by atoms with Crippen LogP contribution in [0, 0.1) is 27.7 Å². The van der Waals surface area contributed by atoms with Crippen LogP contribution in [-0.4, -0.2) is 24.3 Å². The Kier molecular flexibility index (Phi) is 4.41. The summed E-state index contributed by atoms with van der Waals surface area (Å²) >= 11 is 0. The first-order valence-electron chi connectivity index (χ1n) is 9.52. The molecule has 28 heavy (non-hydrogen) atoms. The molecule has 3 heterocycles. The molecule has 0 aliphatic heterocycles. The molecule has 0 bridgehead atoms. The number of aryl methyl sites for hydroxylation is 4. The van der Waals surface area contributed by atoms with Crippen molar-refractivity contribution < 1.29 is 0 Å². The minimum Gasteiger partial charge on any atom is -0.326 e. The molecule has 3 aromatic heterocycles. The third kappa shape index (κ3) is 3.15. The van der Waals surface area contributed by atoms with Crippen molar-refractivity contribution in [1.82, 2.24) is 24.3 Å². The normalized spacial score (nSPS) is 12.6. The maximum atomic E-state index is 12.8. The Morgan fingerprint density at radius 2 is 1.89 bits per heavy atom. The van der Waals surface area contributed by atoms with Crippen LogP contribution in [0.4, 0.5) is 0 Å². The van der Waals surface area contributed by atoms with E-state index in [2.05, 4.69) is 58.6 Å². The summed E-state index contributed by atoms with van der Waals surface area (Å²) in [5.74, 6) is 0.677. The Labute approximate surface area is 163 Å². The number of imidazole rings is 1. The molecule has 0 aliphatic rings. The van der Waals surface area contributed by atoms with Gasteiger partial charge < -0.3 is 9.55 Å². The van der Waals surface area contributed by atoms with Crippen molar-refractivity contribution in [2.24, 2.45) is 0 Å². The van der Waals surface area contributed by atoms with Crippen LogP contribution in [0.1, 0.15) is 35.5 Å². The summed E-state index contributed by atoms with van der Waals surface area (Å²) in [6.45, 7) is 11.0. The highest BCUT2D eigenvalue weighted by Crippen LogP contribution is 2.24. The number of aromatic nitrogens is 5. The topological polar surface area (TPSA) is 68.5 Å². The van der Waals surface area contributed by atoms with Crippen molar-refractivity contribution in [3.8, 4) is 11.4 Å². The van der Waals surface area contributed by atoms with Gasteiger partial charge in [-0.1, -0.05) is 11.6 Å². The molecule has 0 saturated heterocycles. The van der Waals surface area contributed by atoms with Crippen molar-refractivity contribution in [2.45, 2.75) is 47.2 Å². The Morgan fingerprint density at radius 1 is 1.11 bits per heavy atom. The van der Waals surface area contributed by atoms with E-state index in [9.17, 15) is 4.79 Å². The average Bonchev–Trinajstić information content (AvgIpc) is 3.22. The van der Waals surface area contributed by atoms with Crippen LogP contribution in [0.5, 0.6) is 0 Å². The molecule has 0 radical (unpaired) electrons. The Morgan fingerprint density at radius 3 is 2.61 bits per heavy atom. The number of aromatic amines is 1. The molecule has 0 spiro atoms. The lowest BCUT2D eigenvalue weighted by Gasteiger charge is -2.17. The Bertz CT molecular complexity index is 1230. The third-order valence-corrected chi connectivity index (χ3v) is 5.22. The number of nitrogens with zero attached hydrogens (tertiary/aromatic N) is 4. The highest BCUT2D eigenvalue weighted by molar-refractivity contribution is 5.85. The molecule has 0 unspecified atom stereocenters. The summed E-state index contributed by atoms with van der Waals surface area (Å²) in [5, 5.41) is 5.58. The molecular weight excluding hydrogens is 350 g/mol. The average molecular weight is 375 g/mol. The number of rotatable bonds is 4. The van der Waals surface area contributed by atoms with Crippen molar-refractivity contribution in [3.05, 3.63) is 69.5 Å². The van der Waals surface area contributed by atoms with E-state index in [0.717, 1.165) is 27.9 Å². The van der Waals surface area contributed by atoms with Gasteiger partial charge in [-0.05, 0) is 63.8 Å². The number of hydrogen-bond donors (Lipinski definition) is 1. The fourth-order valence-electron chi connectivity index (χ4n) is 3.93. The number of hydrogen-bond acceptors (Lipinski definition) is 3. The molecule has 1 N–H and O–H groups in total. The first-order valence-corrected chi connectivity index (χ1v) is 9.52. The first kappa shape index (κ1) is 18.2. The van der Waals surface area contributed by atoms with Crippen LogP contribution in [0.3, 0.4) is 0 Å². The zero-order valence-electron chi connectivity index (χ0n) is 16.9. The quantitative estimate of drug-likeness (QED) is 0.584. The molecule has 0 saturated carbocycles. The first-order chi connectivity index (χ1) is 13.3. The van der Waals surface area contributed by atoms with E-state index in [1.165, 1.54) is 5.56 Å². The van der Waals surface area contributed by atoms with Gasteiger partial charge in [0.25, 0.3) is 5.56 Å². The summed E-state index contributed by atoms with van der Waals surface area (Å²) in [5.41, 5.74) is 5.72. The molecular formula is C22H25N5O. The predicted octanol–water partition coefficient (Wildman–Crippen LogP) is 4.08. The highest BCUT2D eigenvalue weighted by Gasteiger charge is 2.17. The molecule has 0 amide bonds. The maximum Gasteiger partial charge on any atom is 0.259 e. The van der Waals surface area contributed by atoms with Crippen LogP contribution in [0.25, 0.3) is 22.3 Å².